The molecule has 1 aromatic carbocycles. The Morgan fingerprint density at radius 3 is 2.87 bits per heavy atom. The van der Waals surface area contributed by atoms with E-state index in [1.54, 1.807) is 25.3 Å². The zero-order valence-electron chi connectivity index (χ0n) is 13.3. The van der Waals surface area contributed by atoms with Crippen LogP contribution in [0.4, 0.5) is 10.5 Å². The molecule has 0 aromatic heterocycles. The van der Waals surface area contributed by atoms with Crippen LogP contribution in [0.5, 0.6) is 5.75 Å². The van der Waals surface area contributed by atoms with Crippen LogP contribution in [0.25, 0.3) is 0 Å². The lowest BCUT2D eigenvalue weighted by atomic mass is 9.77. The summed E-state index contributed by atoms with van der Waals surface area (Å²) >= 11 is 6.09. The molecule has 3 rings (SSSR count). The average Bonchev–Trinajstić information content (AvgIpc) is 2.88. The second kappa shape index (κ2) is 6.57. The molecule has 126 valence electrons. The number of aliphatic hydroxyl groups excluding tert-OH is 1. The van der Waals surface area contributed by atoms with Crippen molar-refractivity contribution in [3.8, 4) is 5.75 Å². The minimum atomic E-state index is -0.284. The molecule has 2 atom stereocenters. The molecule has 1 heterocycles. The van der Waals surface area contributed by atoms with E-state index in [4.69, 9.17) is 16.3 Å². The van der Waals surface area contributed by atoms with Gasteiger partial charge >= 0.3 is 6.03 Å². The van der Waals surface area contributed by atoms with Crippen molar-refractivity contribution in [3.05, 3.63) is 23.2 Å². The molecular formula is C17H23ClN2O3. The van der Waals surface area contributed by atoms with Crippen molar-refractivity contribution in [1.82, 2.24) is 4.90 Å². The van der Waals surface area contributed by atoms with Crippen molar-refractivity contribution in [2.45, 2.75) is 38.2 Å². The number of aliphatic hydroxyl groups is 1. The van der Waals surface area contributed by atoms with Gasteiger partial charge in [-0.15, -0.1) is 0 Å². The van der Waals surface area contributed by atoms with Crippen LogP contribution in [0.3, 0.4) is 0 Å². The van der Waals surface area contributed by atoms with Crippen molar-refractivity contribution in [1.29, 1.82) is 0 Å². The zero-order valence-corrected chi connectivity index (χ0v) is 14.1. The summed E-state index contributed by atoms with van der Waals surface area (Å²) in [6.07, 6.45) is 4.56. The van der Waals surface area contributed by atoms with Gasteiger partial charge in [0.15, 0.2) is 0 Å². The first kappa shape index (κ1) is 16.4. The van der Waals surface area contributed by atoms with E-state index in [0.29, 0.717) is 23.0 Å². The number of rotatable bonds is 2. The fourth-order valence-corrected chi connectivity index (χ4v) is 4.13. The number of hydrogen-bond donors (Lipinski definition) is 2. The Labute approximate surface area is 141 Å². The maximum Gasteiger partial charge on any atom is 0.321 e. The molecule has 1 aliphatic carbocycles. The van der Waals surface area contributed by atoms with Gasteiger partial charge in [0, 0.05) is 24.2 Å². The van der Waals surface area contributed by atoms with Gasteiger partial charge in [-0.25, -0.2) is 4.79 Å². The normalized spacial score (nSPS) is 27.3. The standard InChI is InChI=1S/C17H23ClN2O3/c1-23-14-6-5-12(10-13(14)18)19-16(22)20-9-3-8-17(11-20)7-2-4-15(17)21/h5-6,10,15,21H,2-4,7-9,11H2,1H3,(H,19,22)/t15-,17-/m1/s1. The molecule has 2 amide bonds. The Balaban J connectivity index is 1.67. The summed E-state index contributed by atoms with van der Waals surface area (Å²) < 4.78 is 5.11. The van der Waals surface area contributed by atoms with Crippen molar-refractivity contribution < 1.29 is 14.6 Å². The van der Waals surface area contributed by atoms with E-state index < -0.39 is 0 Å². The Morgan fingerprint density at radius 2 is 2.22 bits per heavy atom. The molecule has 5 nitrogen and oxygen atoms in total. The summed E-state index contributed by atoms with van der Waals surface area (Å²) in [7, 11) is 1.56. The van der Waals surface area contributed by atoms with E-state index in [1.807, 2.05) is 4.90 Å². The molecule has 0 radical (unpaired) electrons. The number of urea groups is 1. The highest BCUT2D eigenvalue weighted by Gasteiger charge is 2.45. The van der Waals surface area contributed by atoms with Crippen molar-refractivity contribution in [2.24, 2.45) is 5.41 Å². The van der Waals surface area contributed by atoms with Gasteiger partial charge in [0.1, 0.15) is 5.75 Å². The number of nitrogens with zero attached hydrogens (tertiary/aromatic N) is 1. The Bertz CT molecular complexity index is 595. The van der Waals surface area contributed by atoms with Crippen LogP contribution in [-0.4, -0.2) is 42.3 Å². The number of carbonyl (C=O) groups excluding carboxylic acids is 1. The molecule has 1 spiro atoms. The minimum absolute atomic E-state index is 0.104. The van der Waals surface area contributed by atoms with E-state index in [1.165, 1.54) is 0 Å². The van der Waals surface area contributed by atoms with Gasteiger partial charge in [0.2, 0.25) is 0 Å². The molecular weight excluding hydrogens is 316 g/mol. The number of anilines is 1. The highest BCUT2D eigenvalue weighted by molar-refractivity contribution is 6.32. The van der Waals surface area contributed by atoms with Gasteiger partial charge in [-0.3, -0.25) is 0 Å². The first-order chi connectivity index (χ1) is 11.0. The van der Waals surface area contributed by atoms with Crippen molar-refractivity contribution >= 4 is 23.3 Å². The maximum absolute atomic E-state index is 12.5. The molecule has 2 aliphatic rings. The van der Waals surface area contributed by atoms with Crippen LogP contribution in [0, 0.1) is 5.41 Å². The van der Waals surface area contributed by atoms with Crippen LogP contribution in [0.1, 0.15) is 32.1 Å². The van der Waals surface area contributed by atoms with Gasteiger partial charge in [-0.05, 0) is 43.9 Å². The quantitative estimate of drug-likeness (QED) is 0.867. The number of halogens is 1. The summed E-state index contributed by atoms with van der Waals surface area (Å²) in [4.78, 5) is 14.4. The molecule has 23 heavy (non-hydrogen) atoms. The highest BCUT2D eigenvalue weighted by atomic mass is 35.5. The van der Waals surface area contributed by atoms with Crippen LogP contribution in [-0.2, 0) is 0 Å². The fourth-order valence-electron chi connectivity index (χ4n) is 3.88. The zero-order chi connectivity index (χ0) is 16.4. The third kappa shape index (κ3) is 3.26. The van der Waals surface area contributed by atoms with Gasteiger partial charge in [0.25, 0.3) is 0 Å². The fraction of sp³-hybridized carbons (Fsp3) is 0.588. The summed E-state index contributed by atoms with van der Waals surface area (Å²) in [6.45, 7) is 1.36. The van der Waals surface area contributed by atoms with Crippen LogP contribution >= 0.6 is 11.6 Å². The molecule has 1 saturated heterocycles. The first-order valence-electron chi connectivity index (χ1n) is 8.12. The molecule has 2 N–H and O–H groups in total. The lowest BCUT2D eigenvalue weighted by Crippen LogP contribution is -2.50. The van der Waals surface area contributed by atoms with Crippen molar-refractivity contribution in [3.63, 3.8) is 0 Å². The molecule has 6 heteroatoms. The topological polar surface area (TPSA) is 61.8 Å². The lowest BCUT2D eigenvalue weighted by Gasteiger charge is -2.42. The third-order valence-corrected chi connectivity index (χ3v) is 5.45. The largest absolute Gasteiger partial charge is 0.495 e. The van der Waals surface area contributed by atoms with E-state index >= 15 is 0 Å². The number of benzene rings is 1. The molecule has 2 fully saturated rings. The number of carbonyl (C=O) groups is 1. The molecule has 1 saturated carbocycles. The van der Waals surface area contributed by atoms with E-state index in [2.05, 4.69) is 5.32 Å². The lowest BCUT2D eigenvalue weighted by molar-refractivity contribution is 0.00400. The Morgan fingerprint density at radius 1 is 1.43 bits per heavy atom. The van der Waals surface area contributed by atoms with Gasteiger partial charge in [0.05, 0.1) is 18.2 Å². The number of nitrogens with one attached hydrogen (secondary N) is 1. The predicted molar refractivity (Wildman–Crippen MR) is 90.1 cm³/mol. The van der Waals surface area contributed by atoms with Gasteiger partial charge < -0.3 is 20.1 Å². The minimum Gasteiger partial charge on any atom is -0.495 e. The first-order valence-corrected chi connectivity index (χ1v) is 8.49. The Kier molecular flexibility index (Phi) is 4.69. The van der Waals surface area contributed by atoms with Crippen molar-refractivity contribution in [2.75, 3.05) is 25.5 Å². The number of methoxy groups -OCH3 is 1. The van der Waals surface area contributed by atoms with Crippen LogP contribution in [0.15, 0.2) is 18.2 Å². The number of amides is 2. The maximum atomic E-state index is 12.5. The number of ether oxygens (including phenoxy) is 1. The summed E-state index contributed by atoms with van der Waals surface area (Å²) in [5, 5.41) is 13.7. The van der Waals surface area contributed by atoms with Crippen LogP contribution < -0.4 is 10.1 Å². The average molecular weight is 339 g/mol. The molecule has 1 aliphatic heterocycles. The molecule has 1 aromatic rings. The number of likely N-dealkylation sites (tertiary alicyclic amines) is 1. The van der Waals surface area contributed by atoms with Gasteiger partial charge in [-0.1, -0.05) is 18.0 Å². The predicted octanol–water partition coefficient (Wildman–Crippen LogP) is 3.51. The monoisotopic (exact) mass is 338 g/mol. The summed E-state index contributed by atoms with van der Waals surface area (Å²) in [5.41, 5.74) is 0.542. The Hall–Kier alpha value is -1.46. The highest BCUT2D eigenvalue weighted by Crippen LogP contribution is 2.45. The summed E-state index contributed by atoms with van der Waals surface area (Å²) in [6, 6.07) is 5.05. The smallest absolute Gasteiger partial charge is 0.321 e. The summed E-state index contributed by atoms with van der Waals surface area (Å²) in [5.74, 6) is 0.579. The second-order valence-corrected chi connectivity index (χ2v) is 6.98. The van der Waals surface area contributed by atoms with E-state index in [9.17, 15) is 9.90 Å². The number of hydrogen-bond acceptors (Lipinski definition) is 3. The van der Waals surface area contributed by atoms with E-state index in [0.717, 1.165) is 38.6 Å². The van der Waals surface area contributed by atoms with Crippen LogP contribution in [0.2, 0.25) is 5.02 Å². The SMILES string of the molecule is COc1ccc(NC(=O)N2CCC[C@]3(CCC[C@H]3O)C2)cc1Cl. The molecule has 0 unspecified atom stereocenters. The third-order valence-electron chi connectivity index (χ3n) is 5.16. The van der Waals surface area contributed by atoms with Gasteiger partial charge in [-0.2, -0.15) is 0 Å². The number of piperidine rings is 1. The molecule has 0 bridgehead atoms. The second-order valence-electron chi connectivity index (χ2n) is 6.57. The van der Waals surface area contributed by atoms with E-state index in [-0.39, 0.29) is 17.6 Å².